The average molecular weight is 270 g/mol. The predicted molar refractivity (Wildman–Crippen MR) is 71.9 cm³/mol. The fourth-order valence-corrected chi connectivity index (χ4v) is 2.85. The number of aromatic nitrogens is 2. The maximum absolute atomic E-state index is 12.6. The van der Waals surface area contributed by atoms with Crippen molar-refractivity contribution < 1.29 is 4.79 Å². The second-order valence-corrected chi connectivity index (χ2v) is 5.71. The number of ketones is 1. The van der Waals surface area contributed by atoms with Crippen LogP contribution in [0.2, 0.25) is 5.02 Å². The number of carbonyl (C=O) groups excluding carboxylic acids is 1. The first-order valence-electron chi connectivity index (χ1n) is 6.55. The number of carbonyl (C=O) groups is 1. The minimum atomic E-state index is -0.106. The molecule has 2 N–H and O–H groups in total. The molecule has 1 heterocycles. The zero-order valence-electron chi connectivity index (χ0n) is 10.9. The van der Waals surface area contributed by atoms with E-state index in [1.807, 2.05) is 13.8 Å². The topological polar surface area (TPSA) is 60.9 Å². The molecule has 18 heavy (non-hydrogen) atoms. The van der Waals surface area contributed by atoms with Gasteiger partial charge in [0.25, 0.3) is 0 Å². The normalized spacial score (nSPS) is 24.5. The van der Waals surface area contributed by atoms with Crippen molar-refractivity contribution in [3.8, 4) is 0 Å². The number of halogens is 1. The van der Waals surface area contributed by atoms with E-state index in [1.165, 1.54) is 0 Å². The van der Waals surface area contributed by atoms with Crippen molar-refractivity contribution in [2.75, 3.05) is 0 Å². The van der Waals surface area contributed by atoms with Crippen LogP contribution in [-0.4, -0.2) is 21.6 Å². The van der Waals surface area contributed by atoms with Crippen LogP contribution >= 0.6 is 11.6 Å². The fourth-order valence-electron chi connectivity index (χ4n) is 2.62. The van der Waals surface area contributed by atoms with Gasteiger partial charge >= 0.3 is 0 Å². The van der Waals surface area contributed by atoms with E-state index in [9.17, 15) is 4.79 Å². The van der Waals surface area contributed by atoms with Gasteiger partial charge in [-0.25, -0.2) is 0 Å². The Labute approximate surface area is 112 Å². The van der Waals surface area contributed by atoms with E-state index < -0.39 is 0 Å². The summed E-state index contributed by atoms with van der Waals surface area (Å²) in [5.74, 6) is -0.0520. The van der Waals surface area contributed by atoms with Gasteiger partial charge < -0.3 is 5.73 Å². The molecule has 2 unspecified atom stereocenters. The van der Waals surface area contributed by atoms with E-state index in [2.05, 4.69) is 5.10 Å². The molecule has 1 fully saturated rings. The smallest absolute Gasteiger partial charge is 0.187 e. The molecule has 2 rings (SSSR count). The second kappa shape index (κ2) is 5.41. The molecule has 0 bridgehead atoms. The van der Waals surface area contributed by atoms with Gasteiger partial charge in [0, 0.05) is 18.0 Å². The lowest BCUT2D eigenvalue weighted by Crippen LogP contribution is -2.39. The Kier molecular flexibility index (Phi) is 4.07. The van der Waals surface area contributed by atoms with E-state index in [1.54, 1.807) is 10.9 Å². The molecule has 1 aromatic heterocycles. The van der Waals surface area contributed by atoms with Crippen LogP contribution in [0, 0.1) is 5.92 Å². The highest BCUT2D eigenvalue weighted by Crippen LogP contribution is 2.29. The quantitative estimate of drug-likeness (QED) is 0.859. The number of Topliss-reactive ketones (excluding diaryl/α,β-unsaturated/α-hetero) is 1. The Bertz CT molecular complexity index is 441. The maximum Gasteiger partial charge on any atom is 0.187 e. The molecule has 100 valence electrons. The zero-order chi connectivity index (χ0) is 13.3. The molecular formula is C13H20ClN3O. The molecular weight excluding hydrogens is 250 g/mol. The van der Waals surface area contributed by atoms with Crippen LogP contribution in [0.4, 0.5) is 0 Å². The first-order valence-corrected chi connectivity index (χ1v) is 6.93. The van der Waals surface area contributed by atoms with Crippen molar-refractivity contribution in [3.63, 3.8) is 0 Å². The van der Waals surface area contributed by atoms with Gasteiger partial charge in [0.1, 0.15) is 5.69 Å². The van der Waals surface area contributed by atoms with Gasteiger partial charge in [0.15, 0.2) is 5.78 Å². The molecule has 0 aromatic carbocycles. The molecule has 1 saturated carbocycles. The summed E-state index contributed by atoms with van der Waals surface area (Å²) in [5.41, 5.74) is 6.59. The van der Waals surface area contributed by atoms with Crippen molar-refractivity contribution in [1.82, 2.24) is 9.78 Å². The summed E-state index contributed by atoms with van der Waals surface area (Å²) < 4.78 is 1.70. The summed E-state index contributed by atoms with van der Waals surface area (Å²) in [6.45, 7) is 3.97. The van der Waals surface area contributed by atoms with Crippen molar-refractivity contribution in [1.29, 1.82) is 0 Å². The highest BCUT2D eigenvalue weighted by molar-refractivity contribution is 6.33. The highest BCUT2D eigenvalue weighted by Gasteiger charge is 2.32. The van der Waals surface area contributed by atoms with Crippen molar-refractivity contribution in [2.45, 2.75) is 51.6 Å². The van der Waals surface area contributed by atoms with Crippen molar-refractivity contribution >= 4 is 17.4 Å². The van der Waals surface area contributed by atoms with Gasteiger partial charge in [-0.15, -0.1) is 0 Å². The van der Waals surface area contributed by atoms with E-state index in [-0.39, 0.29) is 23.8 Å². The van der Waals surface area contributed by atoms with Gasteiger partial charge in [-0.3, -0.25) is 9.48 Å². The number of hydrogen-bond donors (Lipinski definition) is 1. The highest BCUT2D eigenvalue weighted by atomic mass is 35.5. The number of hydrogen-bond acceptors (Lipinski definition) is 3. The van der Waals surface area contributed by atoms with Gasteiger partial charge in [-0.05, 0) is 26.7 Å². The second-order valence-electron chi connectivity index (χ2n) is 5.30. The molecule has 1 aliphatic carbocycles. The Balaban J connectivity index is 2.30. The van der Waals surface area contributed by atoms with Gasteiger partial charge in [0.05, 0.1) is 11.2 Å². The minimum absolute atomic E-state index is 0.0437. The van der Waals surface area contributed by atoms with E-state index >= 15 is 0 Å². The number of nitrogens with two attached hydrogens (primary N) is 1. The van der Waals surface area contributed by atoms with Crippen LogP contribution in [0.15, 0.2) is 6.20 Å². The van der Waals surface area contributed by atoms with Crippen LogP contribution in [-0.2, 0) is 0 Å². The predicted octanol–water partition coefficient (Wildman–Crippen LogP) is 2.82. The summed E-state index contributed by atoms with van der Waals surface area (Å²) in [6.07, 6.45) is 5.51. The van der Waals surface area contributed by atoms with E-state index in [4.69, 9.17) is 17.3 Å². The van der Waals surface area contributed by atoms with Crippen molar-refractivity contribution in [2.24, 2.45) is 11.7 Å². The first kappa shape index (κ1) is 13.6. The summed E-state index contributed by atoms with van der Waals surface area (Å²) >= 11 is 6.11. The van der Waals surface area contributed by atoms with Crippen molar-refractivity contribution in [3.05, 3.63) is 16.9 Å². The van der Waals surface area contributed by atoms with Gasteiger partial charge in [0.2, 0.25) is 0 Å². The largest absolute Gasteiger partial charge is 0.327 e. The number of nitrogens with zero attached hydrogens (tertiary/aromatic N) is 2. The zero-order valence-corrected chi connectivity index (χ0v) is 11.7. The molecule has 0 spiro atoms. The lowest BCUT2D eigenvalue weighted by Gasteiger charge is -2.27. The Hall–Kier alpha value is -0.870. The molecule has 4 nitrogen and oxygen atoms in total. The summed E-state index contributed by atoms with van der Waals surface area (Å²) in [7, 11) is 0. The van der Waals surface area contributed by atoms with Crippen LogP contribution < -0.4 is 5.73 Å². The molecule has 2 atom stereocenters. The maximum atomic E-state index is 12.6. The summed E-state index contributed by atoms with van der Waals surface area (Å²) in [6, 6.07) is 0.0779. The lowest BCUT2D eigenvalue weighted by atomic mass is 9.81. The molecule has 0 saturated heterocycles. The molecule has 0 amide bonds. The summed E-state index contributed by atoms with van der Waals surface area (Å²) in [4.78, 5) is 12.6. The van der Waals surface area contributed by atoms with E-state index in [0.29, 0.717) is 10.7 Å². The monoisotopic (exact) mass is 269 g/mol. The van der Waals surface area contributed by atoms with Crippen LogP contribution in [0.5, 0.6) is 0 Å². The van der Waals surface area contributed by atoms with Crippen LogP contribution in [0.25, 0.3) is 0 Å². The minimum Gasteiger partial charge on any atom is -0.327 e. The molecule has 0 radical (unpaired) electrons. The SMILES string of the molecule is CC(C)n1ncc(Cl)c1C(=O)C1CCCCC1N. The van der Waals surface area contributed by atoms with Gasteiger partial charge in [-0.2, -0.15) is 5.10 Å². The average Bonchev–Trinajstić information content (AvgIpc) is 2.71. The Morgan fingerprint density at radius 2 is 2.17 bits per heavy atom. The van der Waals surface area contributed by atoms with Gasteiger partial charge in [-0.1, -0.05) is 24.4 Å². The third-order valence-electron chi connectivity index (χ3n) is 3.63. The lowest BCUT2D eigenvalue weighted by molar-refractivity contribution is 0.0858. The summed E-state index contributed by atoms with van der Waals surface area (Å²) in [5, 5.41) is 4.62. The van der Waals surface area contributed by atoms with Crippen LogP contribution in [0.1, 0.15) is 56.1 Å². The number of rotatable bonds is 3. The molecule has 1 aromatic rings. The third-order valence-corrected chi connectivity index (χ3v) is 3.91. The Morgan fingerprint density at radius 1 is 1.50 bits per heavy atom. The molecule has 5 heteroatoms. The first-order chi connectivity index (χ1) is 8.52. The van der Waals surface area contributed by atoms with E-state index in [0.717, 1.165) is 25.7 Å². The Morgan fingerprint density at radius 3 is 2.78 bits per heavy atom. The fraction of sp³-hybridized carbons (Fsp3) is 0.692. The van der Waals surface area contributed by atoms with Crippen LogP contribution in [0.3, 0.4) is 0 Å². The standard InChI is InChI=1S/C13H20ClN3O/c1-8(2)17-12(10(14)7-16-17)13(18)9-5-3-4-6-11(9)15/h7-9,11H,3-6,15H2,1-2H3. The third kappa shape index (κ3) is 2.45. The molecule has 0 aliphatic heterocycles. The molecule has 1 aliphatic rings.